The fourth-order valence-electron chi connectivity index (χ4n) is 1.12. The Balaban J connectivity index is 0. The normalized spacial score (nSPS) is 9.00. The van der Waals surface area contributed by atoms with Gasteiger partial charge in [-0.1, -0.05) is 13.8 Å². The molecule has 1 radical (unpaired) electrons. The number of methoxy groups -OCH3 is 1. The fraction of sp³-hybridized carbons (Fsp3) is 0.600. The third kappa shape index (κ3) is 4.81. The number of carbonyl (C=O) groups is 1. The number of nitro groups is 1. The first-order chi connectivity index (χ1) is 7.97. The standard InChI is InChI=1S/C8H11N3O4.C2H6.Pa/c1-5(2)10-6(8(12)15-3)4-7(9-10)11(13)14;1-2;/h4-5H,1-3H3;1-2H3;. The van der Waals surface area contributed by atoms with Crippen LogP contribution in [0.2, 0.25) is 0 Å². The van der Waals surface area contributed by atoms with Gasteiger partial charge >= 0.3 is 11.8 Å². The van der Waals surface area contributed by atoms with Crippen LogP contribution < -0.4 is 0 Å². The molecule has 1 aromatic rings. The van der Waals surface area contributed by atoms with Gasteiger partial charge in [-0.05, 0) is 18.8 Å². The van der Waals surface area contributed by atoms with Crippen LogP contribution in [0.25, 0.3) is 0 Å². The van der Waals surface area contributed by atoms with Gasteiger partial charge in [-0.2, -0.15) is 4.68 Å². The van der Waals surface area contributed by atoms with E-state index in [9.17, 15) is 14.9 Å². The molecule has 0 unspecified atom stereocenters. The number of carbonyl (C=O) groups excluding carboxylic acids is 1. The summed E-state index contributed by atoms with van der Waals surface area (Å²) in [6, 6.07) is 0.957. The Morgan fingerprint density at radius 2 is 2.00 bits per heavy atom. The molecule has 99 valence electrons. The van der Waals surface area contributed by atoms with Gasteiger partial charge in [0.1, 0.15) is 0 Å². The third-order valence-corrected chi connectivity index (χ3v) is 1.79. The molecule has 0 aliphatic carbocycles. The molecule has 18 heavy (non-hydrogen) atoms. The molecule has 0 spiro atoms. The topological polar surface area (TPSA) is 87.3 Å². The van der Waals surface area contributed by atoms with Crippen LogP contribution in [0.5, 0.6) is 0 Å². The molecular weight excluding hydrogens is 457 g/mol. The minimum atomic E-state index is -0.648. The molecule has 0 aliphatic heterocycles. The smallest absolute Gasteiger partial charge is 0.390 e. The van der Waals surface area contributed by atoms with Crippen LogP contribution in [-0.2, 0) is 4.74 Å². The van der Waals surface area contributed by atoms with Crippen LogP contribution in [-0.4, -0.2) is 27.8 Å². The molecule has 0 saturated carbocycles. The van der Waals surface area contributed by atoms with Gasteiger partial charge < -0.3 is 14.9 Å². The zero-order valence-corrected chi connectivity index (χ0v) is 16.0. The average Bonchev–Trinajstić information content (AvgIpc) is 2.75. The van der Waals surface area contributed by atoms with E-state index in [1.54, 1.807) is 13.8 Å². The van der Waals surface area contributed by atoms with E-state index >= 15 is 0 Å². The first-order valence-corrected chi connectivity index (χ1v) is 5.29. The minimum Gasteiger partial charge on any atom is -0.464 e. The number of esters is 1. The number of ether oxygens (including phenoxy) is 1. The van der Waals surface area contributed by atoms with Gasteiger partial charge in [-0.25, -0.2) is 4.79 Å². The second-order valence-electron chi connectivity index (χ2n) is 3.17. The maximum absolute atomic E-state index is 11.3. The Kier molecular flexibility index (Phi) is 9.91. The van der Waals surface area contributed by atoms with Crippen LogP contribution >= 0.6 is 0 Å². The maximum atomic E-state index is 11.3. The van der Waals surface area contributed by atoms with Crippen molar-refractivity contribution >= 4 is 11.8 Å². The predicted molar refractivity (Wildman–Crippen MR) is 62.0 cm³/mol. The summed E-state index contributed by atoms with van der Waals surface area (Å²) in [5.41, 5.74) is 0.0826. The van der Waals surface area contributed by atoms with Gasteiger partial charge in [0, 0.05) is 32.3 Å². The Morgan fingerprint density at radius 1 is 1.50 bits per heavy atom. The fourth-order valence-corrected chi connectivity index (χ4v) is 1.12. The second kappa shape index (κ2) is 9.15. The van der Waals surface area contributed by atoms with E-state index in [0.29, 0.717) is 0 Å². The number of hydrogen-bond acceptors (Lipinski definition) is 5. The molecule has 0 aromatic carbocycles. The van der Waals surface area contributed by atoms with Crippen LogP contribution in [0.4, 0.5) is 5.82 Å². The summed E-state index contributed by atoms with van der Waals surface area (Å²) in [6.45, 7) is 7.53. The van der Waals surface area contributed by atoms with Gasteiger partial charge in [0.05, 0.1) is 24.3 Å². The van der Waals surface area contributed by atoms with Gasteiger partial charge in [-0.15, -0.1) is 0 Å². The van der Waals surface area contributed by atoms with Crippen LogP contribution in [0, 0.1) is 42.4 Å². The maximum Gasteiger partial charge on any atom is 0.390 e. The van der Waals surface area contributed by atoms with Crippen molar-refractivity contribution in [3.8, 4) is 0 Å². The Bertz CT molecular complexity index is 404. The van der Waals surface area contributed by atoms with Crippen molar-refractivity contribution < 1.29 is 46.8 Å². The molecule has 0 saturated heterocycles. The summed E-state index contributed by atoms with van der Waals surface area (Å²) >= 11 is 0. The molecule has 0 atom stereocenters. The molecule has 0 amide bonds. The van der Waals surface area contributed by atoms with Gasteiger partial charge in [-0.3, -0.25) is 0 Å². The van der Waals surface area contributed by atoms with E-state index in [2.05, 4.69) is 9.84 Å². The van der Waals surface area contributed by atoms with Crippen LogP contribution in [0.1, 0.15) is 44.2 Å². The number of rotatable bonds is 3. The quantitative estimate of drug-likeness (QED) is 0.381. The SMILES string of the molecule is CC.COC(=O)c1cc([N+](=O)[O-])nn1C(C)C.[Pa]. The second-order valence-corrected chi connectivity index (χ2v) is 3.17. The number of aromatic nitrogens is 2. The third-order valence-electron chi connectivity index (χ3n) is 1.79. The summed E-state index contributed by atoms with van der Waals surface area (Å²) in [4.78, 5) is 21.1. The molecule has 1 heterocycles. The Hall–Kier alpha value is -0.829. The zero-order valence-electron chi connectivity index (χ0n) is 11.2. The Morgan fingerprint density at radius 3 is 2.33 bits per heavy atom. The first-order valence-electron chi connectivity index (χ1n) is 5.29. The molecule has 1 rings (SSSR count). The minimum absolute atomic E-state index is 0. The molecular formula is C10H17N3O4Pa. The summed E-state index contributed by atoms with van der Waals surface area (Å²) in [6.07, 6.45) is 0. The summed E-state index contributed by atoms with van der Waals surface area (Å²) in [7, 11) is 1.21. The van der Waals surface area contributed by atoms with E-state index in [-0.39, 0.29) is 49.9 Å². The molecule has 1 aromatic heterocycles. The average molecular weight is 474 g/mol. The van der Waals surface area contributed by atoms with E-state index in [1.165, 1.54) is 11.8 Å². The molecule has 8 heteroatoms. The van der Waals surface area contributed by atoms with E-state index in [0.717, 1.165) is 6.07 Å². The summed E-state index contributed by atoms with van der Waals surface area (Å²) < 4.78 is 5.77. The van der Waals surface area contributed by atoms with Crippen molar-refractivity contribution in [3.05, 3.63) is 21.9 Å². The van der Waals surface area contributed by atoms with Crippen molar-refractivity contribution in [2.75, 3.05) is 7.11 Å². The number of hydrogen-bond donors (Lipinski definition) is 0. The van der Waals surface area contributed by atoms with Gasteiger partial charge in [0.2, 0.25) is 0 Å². The summed E-state index contributed by atoms with van der Waals surface area (Å²) in [5, 5.41) is 14.2. The van der Waals surface area contributed by atoms with Crippen LogP contribution in [0.15, 0.2) is 6.07 Å². The van der Waals surface area contributed by atoms with Crippen molar-refractivity contribution in [1.82, 2.24) is 9.78 Å². The van der Waals surface area contributed by atoms with Gasteiger partial charge in [0.15, 0.2) is 5.69 Å². The molecule has 0 fully saturated rings. The van der Waals surface area contributed by atoms with Crippen molar-refractivity contribution in [2.45, 2.75) is 33.7 Å². The van der Waals surface area contributed by atoms with Crippen molar-refractivity contribution in [3.63, 3.8) is 0 Å². The predicted octanol–water partition coefficient (Wildman–Crippen LogP) is 2.18. The van der Waals surface area contributed by atoms with E-state index in [1.807, 2.05) is 13.8 Å². The van der Waals surface area contributed by atoms with Gasteiger partial charge in [0.25, 0.3) is 0 Å². The van der Waals surface area contributed by atoms with Crippen molar-refractivity contribution in [1.29, 1.82) is 0 Å². The molecule has 7 nitrogen and oxygen atoms in total. The largest absolute Gasteiger partial charge is 0.464 e. The Labute approximate surface area is 131 Å². The molecule has 0 N–H and O–H groups in total. The molecule has 0 bridgehead atoms. The first kappa shape index (κ1) is 19.5. The number of nitrogens with zero attached hydrogens (tertiary/aromatic N) is 3. The summed E-state index contributed by atoms with van der Waals surface area (Å²) in [5.74, 6) is -0.992. The molecule has 0 aliphatic rings. The monoisotopic (exact) mass is 474 g/mol. The van der Waals surface area contributed by atoms with Crippen molar-refractivity contribution in [2.24, 2.45) is 0 Å². The van der Waals surface area contributed by atoms with E-state index in [4.69, 9.17) is 0 Å². The van der Waals surface area contributed by atoms with Crippen LogP contribution in [0.3, 0.4) is 0 Å². The zero-order chi connectivity index (χ0) is 13.6. The van der Waals surface area contributed by atoms with E-state index < -0.39 is 10.9 Å².